The minimum Gasteiger partial charge on any atom is -0.618 e. The SMILES string of the molecule is C[C@@H](OC(=O)c1cccc[n+]1[O-])C(=O)Nc1cccc(S(N)(=O)=O)c1. The molecule has 10 heteroatoms. The molecule has 25 heavy (non-hydrogen) atoms. The first-order valence-electron chi connectivity index (χ1n) is 7.01. The first kappa shape index (κ1) is 18.4. The zero-order valence-electron chi connectivity index (χ0n) is 13.1. The van der Waals surface area contributed by atoms with Gasteiger partial charge in [-0.05, 0) is 31.2 Å². The van der Waals surface area contributed by atoms with Crippen molar-refractivity contribution in [1.29, 1.82) is 0 Å². The Balaban J connectivity index is 2.06. The van der Waals surface area contributed by atoms with Crippen molar-refractivity contribution in [3.63, 3.8) is 0 Å². The Morgan fingerprint density at radius 1 is 1.24 bits per heavy atom. The number of nitrogens with zero attached hydrogens (tertiary/aromatic N) is 1. The number of amides is 1. The van der Waals surface area contributed by atoms with E-state index in [-0.39, 0.29) is 16.3 Å². The van der Waals surface area contributed by atoms with Crippen molar-refractivity contribution < 1.29 is 27.5 Å². The summed E-state index contributed by atoms with van der Waals surface area (Å²) in [5, 5.41) is 18.9. The lowest BCUT2D eigenvalue weighted by Crippen LogP contribution is -2.37. The van der Waals surface area contributed by atoms with Gasteiger partial charge < -0.3 is 15.3 Å². The monoisotopic (exact) mass is 365 g/mol. The van der Waals surface area contributed by atoms with Gasteiger partial charge in [-0.3, -0.25) is 4.79 Å². The van der Waals surface area contributed by atoms with Crippen LogP contribution in [0, 0.1) is 5.21 Å². The van der Waals surface area contributed by atoms with Gasteiger partial charge in [0.2, 0.25) is 10.0 Å². The molecule has 0 bridgehead atoms. The number of esters is 1. The maximum absolute atomic E-state index is 12.1. The summed E-state index contributed by atoms with van der Waals surface area (Å²) in [5.74, 6) is -1.66. The number of hydrogen-bond acceptors (Lipinski definition) is 6. The fraction of sp³-hybridized carbons (Fsp3) is 0.133. The number of nitrogens with one attached hydrogen (secondary N) is 1. The molecule has 2 rings (SSSR count). The van der Waals surface area contributed by atoms with Gasteiger partial charge in [0.05, 0.1) is 4.90 Å². The second-order valence-corrected chi connectivity index (χ2v) is 6.58. The highest BCUT2D eigenvalue weighted by Gasteiger charge is 2.24. The van der Waals surface area contributed by atoms with Gasteiger partial charge in [0, 0.05) is 17.8 Å². The van der Waals surface area contributed by atoms with E-state index >= 15 is 0 Å². The highest BCUT2D eigenvalue weighted by atomic mass is 32.2. The molecule has 0 aliphatic rings. The average Bonchev–Trinajstić information content (AvgIpc) is 2.54. The summed E-state index contributed by atoms with van der Waals surface area (Å²) in [5.41, 5.74) is -0.101. The number of hydrogen-bond donors (Lipinski definition) is 2. The van der Waals surface area contributed by atoms with Crippen molar-refractivity contribution in [1.82, 2.24) is 0 Å². The van der Waals surface area contributed by atoms with Crippen molar-refractivity contribution in [2.75, 3.05) is 5.32 Å². The highest BCUT2D eigenvalue weighted by molar-refractivity contribution is 7.89. The zero-order valence-corrected chi connectivity index (χ0v) is 13.9. The van der Waals surface area contributed by atoms with Crippen LogP contribution in [0.3, 0.4) is 0 Å². The minimum atomic E-state index is -3.92. The summed E-state index contributed by atoms with van der Waals surface area (Å²) >= 11 is 0. The molecule has 1 aromatic heterocycles. The first-order chi connectivity index (χ1) is 11.7. The van der Waals surface area contributed by atoms with Crippen LogP contribution in [0.1, 0.15) is 17.4 Å². The number of aromatic nitrogens is 1. The molecule has 0 fully saturated rings. The fourth-order valence-corrected chi connectivity index (χ4v) is 2.41. The number of ether oxygens (including phenoxy) is 1. The lowest BCUT2D eigenvalue weighted by Gasteiger charge is -2.13. The standard InChI is InChI=1S/C15H15N3O6S/c1-10(24-15(20)13-7-2-3-8-18(13)21)14(19)17-11-5-4-6-12(9-11)25(16,22)23/h2-10H,1H3,(H,17,19)(H2,16,22,23)/t10-/m1/s1. The lowest BCUT2D eigenvalue weighted by atomic mass is 10.3. The van der Waals surface area contributed by atoms with Crippen LogP contribution < -0.4 is 15.2 Å². The van der Waals surface area contributed by atoms with E-state index in [0.29, 0.717) is 4.73 Å². The topological polar surface area (TPSA) is 142 Å². The van der Waals surface area contributed by atoms with Gasteiger partial charge in [0.25, 0.3) is 5.91 Å². The third-order valence-corrected chi connectivity index (χ3v) is 4.03. The lowest BCUT2D eigenvalue weighted by molar-refractivity contribution is -0.608. The van der Waals surface area contributed by atoms with Crippen LogP contribution in [0.5, 0.6) is 0 Å². The molecule has 1 atom stereocenters. The first-order valence-corrected chi connectivity index (χ1v) is 8.56. The molecule has 3 N–H and O–H groups in total. The number of carbonyl (C=O) groups is 2. The largest absolute Gasteiger partial charge is 0.618 e. The van der Waals surface area contributed by atoms with E-state index in [1.54, 1.807) is 0 Å². The second kappa shape index (κ2) is 7.28. The normalized spacial score (nSPS) is 12.2. The summed E-state index contributed by atoms with van der Waals surface area (Å²) in [6.07, 6.45) is -0.0917. The summed E-state index contributed by atoms with van der Waals surface area (Å²) in [6, 6.07) is 9.48. The molecule has 9 nitrogen and oxygen atoms in total. The summed E-state index contributed by atoms with van der Waals surface area (Å²) in [7, 11) is -3.92. The summed E-state index contributed by atoms with van der Waals surface area (Å²) in [4.78, 5) is 23.8. The van der Waals surface area contributed by atoms with Gasteiger partial charge >= 0.3 is 11.7 Å². The molecule has 1 amide bonds. The molecule has 132 valence electrons. The van der Waals surface area contributed by atoms with Crippen molar-refractivity contribution >= 4 is 27.6 Å². The maximum atomic E-state index is 12.1. The molecule has 1 heterocycles. The molecular weight excluding hydrogens is 350 g/mol. The Hall–Kier alpha value is -2.98. The molecule has 0 radical (unpaired) electrons. The van der Waals surface area contributed by atoms with Gasteiger partial charge in [-0.25, -0.2) is 18.4 Å². The molecule has 0 spiro atoms. The van der Waals surface area contributed by atoms with E-state index in [2.05, 4.69) is 5.32 Å². The minimum absolute atomic E-state index is 0.165. The van der Waals surface area contributed by atoms with Crippen LogP contribution in [0.2, 0.25) is 0 Å². The van der Waals surface area contributed by atoms with E-state index in [0.717, 1.165) is 6.20 Å². The number of anilines is 1. The highest BCUT2D eigenvalue weighted by Crippen LogP contribution is 2.14. The smallest absolute Gasteiger partial charge is 0.405 e. The molecule has 1 aromatic carbocycles. The van der Waals surface area contributed by atoms with Crippen LogP contribution in [0.25, 0.3) is 0 Å². The second-order valence-electron chi connectivity index (χ2n) is 5.02. The fourth-order valence-electron chi connectivity index (χ4n) is 1.86. The van der Waals surface area contributed by atoms with Crippen LogP contribution in [0.15, 0.2) is 53.6 Å². The molecule has 0 unspecified atom stereocenters. The van der Waals surface area contributed by atoms with E-state index in [9.17, 15) is 23.2 Å². The van der Waals surface area contributed by atoms with E-state index in [4.69, 9.17) is 9.88 Å². The van der Waals surface area contributed by atoms with Crippen molar-refractivity contribution in [3.05, 3.63) is 59.6 Å². The average molecular weight is 365 g/mol. The Labute approximate surface area is 143 Å². The number of rotatable bonds is 5. The van der Waals surface area contributed by atoms with Crippen molar-refractivity contribution in [3.8, 4) is 0 Å². The Morgan fingerprint density at radius 2 is 1.96 bits per heavy atom. The number of carbonyl (C=O) groups excluding carboxylic acids is 2. The number of pyridine rings is 1. The molecule has 0 saturated carbocycles. The Kier molecular flexibility index (Phi) is 5.35. The number of sulfonamides is 1. The van der Waals surface area contributed by atoms with Crippen molar-refractivity contribution in [2.24, 2.45) is 5.14 Å². The summed E-state index contributed by atoms with van der Waals surface area (Å²) < 4.78 is 27.9. The molecule has 0 saturated heterocycles. The quantitative estimate of drug-likeness (QED) is 0.439. The predicted octanol–water partition coefficient (Wildman–Crippen LogP) is 0.151. The maximum Gasteiger partial charge on any atom is 0.405 e. The molecule has 2 aromatic rings. The van der Waals surface area contributed by atoms with E-state index in [1.165, 1.54) is 49.4 Å². The zero-order chi connectivity index (χ0) is 18.6. The van der Waals surface area contributed by atoms with Crippen LogP contribution in [-0.4, -0.2) is 26.4 Å². The van der Waals surface area contributed by atoms with Crippen LogP contribution >= 0.6 is 0 Å². The van der Waals surface area contributed by atoms with Gasteiger partial charge in [0.1, 0.15) is 0 Å². The van der Waals surface area contributed by atoms with Gasteiger partial charge in [-0.1, -0.05) is 6.07 Å². The summed E-state index contributed by atoms with van der Waals surface area (Å²) in [6.45, 7) is 1.31. The third kappa shape index (κ3) is 4.75. The van der Waals surface area contributed by atoms with Gasteiger partial charge in [0.15, 0.2) is 12.3 Å². The Morgan fingerprint density at radius 3 is 2.60 bits per heavy atom. The molecule has 0 aliphatic carbocycles. The number of benzene rings is 1. The van der Waals surface area contributed by atoms with Gasteiger partial charge in [-0.15, -0.1) is 0 Å². The Bertz CT molecular complexity index is 913. The van der Waals surface area contributed by atoms with Crippen molar-refractivity contribution in [2.45, 2.75) is 17.9 Å². The van der Waals surface area contributed by atoms with E-state index < -0.39 is 28.0 Å². The molecular formula is C15H15N3O6S. The third-order valence-electron chi connectivity index (χ3n) is 3.12. The molecule has 0 aliphatic heterocycles. The van der Waals surface area contributed by atoms with Crippen LogP contribution in [-0.2, 0) is 19.6 Å². The predicted molar refractivity (Wildman–Crippen MR) is 86.7 cm³/mol. The van der Waals surface area contributed by atoms with Gasteiger partial charge in [-0.2, -0.15) is 4.73 Å². The van der Waals surface area contributed by atoms with E-state index in [1.807, 2.05) is 0 Å². The number of nitrogens with two attached hydrogens (primary N) is 1. The van der Waals surface area contributed by atoms with Crippen LogP contribution in [0.4, 0.5) is 5.69 Å². The number of primary sulfonamides is 1.